The molecule has 1 heterocycles. The van der Waals surface area contributed by atoms with E-state index in [0.717, 1.165) is 12.0 Å². The van der Waals surface area contributed by atoms with Gasteiger partial charge in [-0.05, 0) is 36.2 Å². The summed E-state index contributed by atoms with van der Waals surface area (Å²) < 4.78 is 1.30. The van der Waals surface area contributed by atoms with Crippen molar-refractivity contribution < 1.29 is 0 Å². The molecule has 0 N–H and O–H groups in total. The van der Waals surface area contributed by atoms with Crippen LogP contribution in [0.3, 0.4) is 0 Å². The van der Waals surface area contributed by atoms with Gasteiger partial charge in [-0.15, -0.1) is 11.6 Å². The minimum Gasteiger partial charge on any atom is -0.364 e. The Balaban J connectivity index is 1.95. The fraction of sp³-hybridized carbons (Fsp3) is 0.200. The zero-order valence-corrected chi connectivity index (χ0v) is 16.8. The first-order chi connectivity index (χ1) is 13.1. The minimum atomic E-state index is -0.354. The number of hydrogen-bond donors (Lipinski definition) is 0. The highest BCUT2D eigenvalue weighted by atomic mass is 35.5. The van der Waals surface area contributed by atoms with Gasteiger partial charge in [-0.2, -0.15) is 9.78 Å². The van der Waals surface area contributed by atoms with Crippen LogP contribution in [-0.4, -0.2) is 22.2 Å². The molecule has 27 heavy (non-hydrogen) atoms. The van der Waals surface area contributed by atoms with Crippen LogP contribution in [0.15, 0.2) is 65.6 Å². The largest absolute Gasteiger partial charge is 0.364 e. The standard InChI is InChI=1S/C20H18Cl3N3O/c21-11-4-12-25(14-15-7-9-16(22)10-8-15)18-13-24-26(20(27)19(18)23)17-5-2-1-3-6-17/h1-3,5-10,13H,4,11-12,14H2. The summed E-state index contributed by atoms with van der Waals surface area (Å²) in [5, 5.41) is 5.13. The van der Waals surface area contributed by atoms with Crippen LogP contribution in [-0.2, 0) is 6.54 Å². The van der Waals surface area contributed by atoms with Gasteiger partial charge in [0.25, 0.3) is 5.56 Å². The summed E-state index contributed by atoms with van der Waals surface area (Å²) in [6.07, 6.45) is 2.38. The molecule has 0 saturated carbocycles. The molecule has 4 nitrogen and oxygen atoms in total. The molecule has 2 aromatic carbocycles. The smallest absolute Gasteiger partial charge is 0.292 e. The van der Waals surface area contributed by atoms with E-state index in [2.05, 4.69) is 5.10 Å². The number of alkyl halides is 1. The van der Waals surface area contributed by atoms with Crippen molar-refractivity contribution in [1.29, 1.82) is 0 Å². The first kappa shape index (κ1) is 19.7. The van der Waals surface area contributed by atoms with Crippen LogP contribution in [0.25, 0.3) is 5.69 Å². The molecular formula is C20H18Cl3N3O. The van der Waals surface area contributed by atoms with Crippen LogP contribution < -0.4 is 10.5 Å². The Morgan fingerprint density at radius 2 is 1.70 bits per heavy atom. The molecule has 3 aromatic rings. The Hall–Kier alpha value is -2.01. The lowest BCUT2D eigenvalue weighted by Gasteiger charge is -2.25. The number of nitrogens with zero attached hydrogens (tertiary/aromatic N) is 3. The summed E-state index contributed by atoms with van der Waals surface area (Å²) in [6.45, 7) is 1.23. The van der Waals surface area contributed by atoms with E-state index in [1.165, 1.54) is 4.68 Å². The van der Waals surface area contributed by atoms with E-state index in [4.69, 9.17) is 34.8 Å². The van der Waals surface area contributed by atoms with Crippen molar-refractivity contribution in [1.82, 2.24) is 9.78 Å². The Bertz CT molecular complexity index is 943. The maximum Gasteiger partial charge on any atom is 0.292 e. The lowest BCUT2D eigenvalue weighted by Crippen LogP contribution is -2.29. The fourth-order valence-corrected chi connectivity index (χ4v) is 3.24. The second-order valence-electron chi connectivity index (χ2n) is 5.99. The third kappa shape index (κ3) is 4.83. The Kier molecular flexibility index (Phi) is 6.78. The molecule has 0 saturated heterocycles. The van der Waals surface area contributed by atoms with E-state index in [1.54, 1.807) is 6.20 Å². The summed E-state index contributed by atoms with van der Waals surface area (Å²) >= 11 is 18.3. The first-order valence-electron chi connectivity index (χ1n) is 8.49. The van der Waals surface area contributed by atoms with Gasteiger partial charge in [0.05, 0.1) is 17.6 Å². The van der Waals surface area contributed by atoms with Gasteiger partial charge in [0.1, 0.15) is 5.02 Å². The molecule has 0 spiro atoms. The van der Waals surface area contributed by atoms with Crippen molar-refractivity contribution in [3.8, 4) is 5.69 Å². The molecule has 0 radical (unpaired) electrons. The highest BCUT2D eigenvalue weighted by molar-refractivity contribution is 6.33. The van der Waals surface area contributed by atoms with Crippen LogP contribution in [0.5, 0.6) is 0 Å². The van der Waals surface area contributed by atoms with E-state index in [1.807, 2.05) is 59.5 Å². The van der Waals surface area contributed by atoms with E-state index in [9.17, 15) is 4.79 Å². The van der Waals surface area contributed by atoms with Gasteiger partial charge in [-0.25, -0.2) is 0 Å². The van der Waals surface area contributed by atoms with E-state index in [-0.39, 0.29) is 10.6 Å². The normalized spacial score (nSPS) is 10.8. The van der Waals surface area contributed by atoms with Gasteiger partial charge in [0.15, 0.2) is 0 Å². The van der Waals surface area contributed by atoms with E-state index >= 15 is 0 Å². The van der Waals surface area contributed by atoms with Crippen molar-refractivity contribution in [2.75, 3.05) is 17.3 Å². The summed E-state index contributed by atoms with van der Waals surface area (Å²) in [5.74, 6) is 0.517. The van der Waals surface area contributed by atoms with Crippen molar-refractivity contribution >= 4 is 40.5 Å². The minimum absolute atomic E-state index is 0.136. The maximum atomic E-state index is 12.8. The lowest BCUT2D eigenvalue weighted by molar-refractivity contribution is 0.747. The number of hydrogen-bond acceptors (Lipinski definition) is 3. The number of rotatable bonds is 7. The van der Waals surface area contributed by atoms with E-state index in [0.29, 0.717) is 35.4 Å². The lowest BCUT2D eigenvalue weighted by atomic mass is 10.2. The van der Waals surface area contributed by atoms with Crippen molar-refractivity contribution in [2.45, 2.75) is 13.0 Å². The molecule has 0 amide bonds. The van der Waals surface area contributed by atoms with E-state index < -0.39 is 0 Å². The van der Waals surface area contributed by atoms with Crippen LogP contribution in [0.1, 0.15) is 12.0 Å². The van der Waals surface area contributed by atoms with Gasteiger partial charge in [-0.3, -0.25) is 4.79 Å². The van der Waals surface area contributed by atoms with Crippen LogP contribution in [0.4, 0.5) is 5.69 Å². The fourth-order valence-electron chi connectivity index (χ4n) is 2.74. The van der Waals surface area contributed by atoms with Crippen molar-refractivity contribution in [3.05, 3.63) is 86.8 Å². The molecule has 0 unspecified atom stereocenters. The molecule has 7 heteroatoms. The zero-order valence-electron chi connectivity index (χ0n) is 14.5. The third-order valence-corrected chi connectivity index (χ3v) is 4.96. The number of para-hydroxylation sites is 1. The van der Waals surface area contributed by atoms with Gasteiger partial charge >= 0.3 is 0 Å². The van der Waals surface area contributed by atoms with Gasteiger partial charge in [0.2, 0.25) is 0 Å². The molecule has 0 aliphatic carbocycles. The van der Waals surface area contributed by atoms with Crippen molar-refractivity contribution in [3.63, 3.8) is 0 Å². The predicted octanol–water partition coefficient (Wildman–Crippen LogP) is 5.17. The SMILES string of the molecule is O=c1c(Cl)c(N(CCCCl)Cc2ccc(Cl)cc2)cnn1-c1ccccc1. The Labute approximate surface area is 172 Å². The Morgan fingerprint density at radius 3 is 2.37 bits per heavy atom. The van der Waals surface area contributed by atoms with Gasteiger partial charge < -0.3 is 4.90 Å². The van der Waals surface area contributed by atoms with Crippen molar-refractivity contribution in [2.24, 2.45) is 0 Å². The van der Waals surface area contributed by atoms with Gasteiger partial charge in [0, 0.05) is 24.0 Å². The van der Waals surface area contributed by atoms with Crippen LogP contribution in [0, 0.1) is 0 Å². The quantitative estimate of drug-likeness (QED) is 0.493. The first-order valence-corrected chi connectivity index (χ1v) is 9.78. The summed E-state index contributed by atoms with van der Waals surface area (Å²) in [4.78, 5) is 14.8. The molecule has 0 fully saturated rings. The number of benzene rings is 2. The molecule has 3 rings (SSSR count). The number of halogens is 3. The molecule has 1 aromatic heterocycles. The summed E-state index contributed by atoms with van der Waals surface area (Å²) in [5.41, 5.74) is 1.96. The zero-order chi connectivity index (χ0) is 19.2. The summed E-state index contributed by atoms with van der Waals surface area (Å²) in [6, 6.07) is 16.8. The molecule has 0 bridgehead atoms. The Morgan fingerprint density at radius 1 is 1.00 bits per heavy atom. The molecule has 0 aliphatic rings. The average molecular weight is 423 g/mol. The van der Waals surface area contributed by atoms with Gasteiger partial charge in [-0.1, -0.05) is 53.5 Å². The van der Waals surface area contributed by atoms with Crippen LogP contribution >= 0.6 is 34.8 Å². The third-order valence-electron chi connectivity index (χ3n) is 4.09. The predicted molar refractivity (Wildman–Crippen MR) is 113 cm³/mol. The second kappa shape index (κ2) is 9.27. The molecule has 0 aliphatic heterocycles. The second-order valence-corrected chi connectivity index (χ2v) is 7.18. The molecular weight excluding hydrogens is 405 g/mol. The molecule has 140 valence electrons. The summed E-state index contributed by atoms with van der Waals surface area (Å²) in [7, 11) is 0. The average Bonchev–Trinajstić information content (AvgIpc) is 2.69. The maximum absolute atomic E-state index is 12.8. The number of aromatic nitrogens is 2. The molecule has 0 atom stereocenters. The highest BCUT2D eigenvalue weighted by Crippen LogP contribution is 2.24. The topological polar surface area (TPSA) is 38.1 Å². The monoisotopic (exact) mass is 421 g/mol. The number of anilines is 1. The highest BCUT2D eigenvalue weighted by Gasteiger charge is 2.16. The van der Waals surface area contributed by atoms with Crippen LogP contribution in [0.2, 0.25) is 10.0 Å².